The second-order valence-electron chi connectivity index (χ2n) is 1.86. The van der Waals surface area contributed by atoms with Crippen molar-refractivity contribution in [3.8, 4) is 6.57 Å². The van der Waals surface area contributed by atoms with E-state index in [1.807, 2.05) is 0 Å². The van der Waals surface area contributed by atoms with Crippen molar-refractivity contribution in [2.24, 2.45) is 11.0 Å². The maximum Gasteiger partial charge on any atom is 0.0462 e. The van der Waals surface area contributed by atoms with E-state index in [0.29, 0.717) is 0 Å². The molecule has 0 atom stereocenters. The molecule has 0 bridgehead atoms. The monoisotopic (exact) mass is 124 g/mol. The van der Waals surface area contributed by atoms with Gasteiger partial charge in [0.1, 0.15) is 0 Å². The van der Waals surface area contributed by atoms with Crippen LogP contribution in [0.4, 0.5) is 0 Å². The van der Waals surface area contributed by atoms with Crippen LogP contribution >= 0.6 is 0 Å². The van der Waals surface area contributed by atoms with E-state index in [9.17, 15) is 0 Å². The Labute approximate surface area is 53.7 Å². The summed E-state index contributed by atoms with van der Waals surface area (Å²) in [5.41, 5.74) is 7.80. The number of rotatable bonds is 2. The highest BCUT2D eigenvalue weighted by Gasteiger charge is 2.19. The van der Waals surface area contributed by atoms with Gasteiger partial charge in [0.15, 0.2) is 0 Å². The van der Waals surface area contributed by atoms with Gasteiger partial charge in [-0.25, -0.2) is 5.26 Å². The van der Waals surface area contributed by atoms with Crippen LogP contribution in [0.1, 0.15) is 12.8 Å². The maximum absolute atomic E-state index is 7.80. The summed E-state index contributed by atoms with van der Waals surface area (Å²) < 4.78 is 0. The first-order chi connectivity index (χ1) is 4.43. The highest BCUT2D eigenvalue weighted by atomic mass is 15.1. The van der Waals surface area contributed by atoms with E-state index >= 15 is 0 Å². The first kappa shape index (κ1) is 7.80. The minimum atomic E-state index is 0.719. The molecule has 1 aliphatic rings. The summed E-state index contributed by atoms with van der Waals surface area (Å²) >= 11 is 0. The smallest absolute Gasteiger partial charge is 0.0462 e. The van der Waals surface area contributed by atoms with Crippen molar-refractivity contribution in [2.75, 3.05) is 6.54 Å². The van der Waals surface area contributed by atoms with Gasteiger partial charge in [0.2, 0.25) is 0 Å². The lowest BCUT2D eigenvalue weighted by atomic mass is 10.4. The van der Waals surface area contributed by atoms with Gasteiger partial charge in [-0.15, -0.1) is 0 Å². The van der Waals surface area contributed by atoms with Gasteiger partial charge in [0.05, 0.1) is 0 Å². The van der Waals surface area contributed by atoms with E-state index < -0.39 is 0 Å². The van der Waals surface area contributed by atoms with Crippen molar-refractivity contribution >= 4 is 0 Å². The molecule has 0 spiro atoms. The number of hydrogen-bond donors (Lipinski definition) is 0. The summed E-state index contributed by atoms with van der Waals surface area (Å²) in [7, 11) is 0. The standard InChI is InChI=1S/C4H7N3.CHN/c5-7-6-3-4-1-2-4;1-2/h4H,1-3H2;1H. The van der Waals surface area contributed by atoms with Crippen molar-refractivity contribution in [1.29, 1.82) is 5.26 Å². The van der Waals surface area contributed by atoms with Gasteiger partial charge in [-0.3, -0.25) is 0 Å². The lowest BCUT2D eigenvalue weighted by Gasteiger charge is -1.75. The van der Waals surface area contributed by atoms with Gasteiger partial charge in [0.25, 0.3) is 0 Å². The van der Waals surface area contributed by atoms with Crippen LogP contribution in [0, 0.1) is 17.8 Å². The van der Waals surface area contributed by atoms with Gasteiger partial charge in [0, 0.05) is 18.0 Å². The molecule has 1 fully saturated rings. The average Bonchev–Trinajstić information content (AvgIpc) is 2.71. The number of azide groups is 1. The minimum absolute atomic E-state index is 0.719. The molecule has 0 unspecified atom stereocenters. The fraction of sp³-hybridized carbons (Fsp3) is 0.800. The Bertz CT molecular complexity index is 129. The third-order valence-corrected chi connectivity index (χ3v) is 1.10. The first-order valence-corrected chi connectivity index (χ1v) is 2.70. The Morgan fingerprint density at radius 3 is 2.56 bits per heavy atom. The van der Waals surface area contributed by atoms with Crippen molar-refractivity contribution in [3.63, 3.8) is 0 Å². The van der Waals surface area contributed by atoms with E-state index in [-0.39, 0.29) is 0 Å². The Balaban J connectivity index is 0.000000291. The predicted molar refractivity (Wildman–Crippen MR) is 33.4 cm³/mol. The molecule has 0 saturated heterocycles. The van der Waals surface area contributed by atoms with Gasteiger partial charge in [-0.2, -0.15) is 0 Å². The molecule has 1 saturated carbocycles. The zero-order chi connectivity index (χ0) is 7.11. The predicted octanol–water partition coefficient (Wildman–Crippen LogP) is 1.85. The van der Waals surface area contributed by atoms with Gasteiger partial charge >= 0.3 is 0 Å². The third kappa shape index (κ3) is 4.66. The zero-order valence-electron chi connectivity index (χ0n) is 5.06. The van der Waals surface area contributed by atoms with Crippen LogP contribution in [0.15, 0.2) is 5.11 Å². The second-order valence-corrected chi connectivity index (χ2v) is 1.86. The molecule has 4 heteroatoms. The van der Waals surface area contributed by atoms with Gasteiger partial charge in [-0.1, -0.05) is 18.0 Å². The summed E-state index contributed by atoms with van der Waals surface area (Å²) in [6, 6.07) is 0. The molecule has 1 aliphatic carbocycles. The van der Waals surface area contributed by atoms with Gasteiger partial charge in [-0.05, 0) is 11.4 Å². The molecule has 0 aliphatic heterocycles. The second kappa shape index (κ2) is 4.95. The average molecular weight is 124 g/mol. The molecular formula is C5H8N4. The van der Waals surface area contributed by atoms with E-state index in [2.05, 4.69) is 16.6 Å². The first-order valence-electron chi connectivity index (χ1n) is 2.70. The van der Waals surface area contributed by atoms with Crippen LogP contribution in [0.25, 0.3) is 10.4 Å². The van der Waals surface area contributed by atoms with Crippen LogP contribution in [-0.4, -0.2) is 6.54 Å². The lowest BCUT2D eigenvalue weighted by molar-refractivity contribution is 0.840. The highest BCUT2D eigenvalue weighted by Crippen LogP contribution is 2.28. The molecule has 0 aromatic rings. The Morgan fingerprint density at radius 1 is 1.67 bits per heavy atom. The fourth-order valence-electron chi connectivity index (χ4n) is 0.452. The molecule has 4 nitrogen and oxygen atoms in total. The minimum Gasteiger partial charge on any atom is -0.202 e. The normalized spacial score (nSPS) is 14.4. The summed E-state index contributed by atoms with van der Waals surface area (Å²) in [4.78, 5) is 2.64. The Kier molecular flexibility index (Phi) is 4.29. The molecule has 0 aromatic heterocycles. The van der Waals surface area contributed by atoms with Crippen LogP contribution in [0.2, 0.25) is 0 Å². The third-order valence-electron chi connectivity index (χ3n) is 1.10. The fourth-order valence-corrected chi connectivity index (χ4v) is 0.452. The Morgan fingerprint density at radius 2 is 2.22 bits per heavy atom. The van der Waals surface area contributed by atoms with Crippen molar-refractivity contribution in [1.82, 2.24) is 0 Å². The number of nitrogens with zero attached hydrogens (tertiary/aromatic N) is 4. The molecule has 0 N–H and O–H groups in total. The zero-order valence-corrected chi connectivity index (χ0v) is 5.06. The van der Waals surface area contributed by atoms with Crippen LogP contribution in [-0.2, 0) is 0 Å². The lowest BCUT2D eigenvalue weighted by Crippen LogP contribution is -1.75. The molecule has 1 rings (SSSR count). The number of nitriles is 1. The van der Waals surface area contributed by atoms with E-state index in [1.165, 1.54) is 12.8 Å². The summed E-state index contributed by atoms with van der Waals surface area (Å²) in [6.07, 6.45) is 2.53. The molecule has 48 valence electrons. The highest BCUT2D eigenvalue weighted by molar-refractivity contribution is 4.74. The molecule has 0 amide bonds. The van der Waals surface area contributed by atoms with Crippen molar-refractivity contribution in [2.45, 2.75) is 12.8 Å². The van der Waals surface area contributed by atoms with E-state index in [1.54, 1.807) is 0 Å². The molecule has 0 radical (unpaired) electrons. The topological polar surface area (TPSA) is 72.6 Å². The van der Waals surface area contributed by atoms with Crippen molar-refractivity contribution in [3.05, 3.63) is 10.4 Å². The largest absolute Gasteiger partial charge is 0.202 e. The summed E-state index contributed by atoms with van der Waals surface area (Å²) in [5.74, 6) is 0.732. The van der Waals surface area contributed by atoms with Crippen LogP contribution in [0.5, 0.6) is 0 Å². The number of hydrogen-bond acceptors (Lipinski definition) is 2. The quantitative estimate of drug-likeness (QED) is 0.314. The maximum atomic E-state index is 7.80. The summed E-state index contributed by atoms with van der Waals surface area (Å²) in [5, 5.41) is 9.91. The molecule has 0 aromatic carbocycles. The van der Waals surface area contributed by atoms with Crippen LogP contribution < -0.4 is 0 Å². The van der Waals surface area contributed by atoms with Crippen molar-refractivity contribution < 1.29 is 0 Å². The molecular weight excluding hydrogens is 116 g/mol. The van der Waals surface area contributed by atoms with Gasteiger partial charge < -0.3 is 0 Å². The van der Waals surface area contributed by atoms with E-state index in [0.717, 1.165) is 12.5 Å². The summed E-state index contributed by atoms with van der Waals surface area (Å²) in [6.45, 7) is 4.22. The molecule has 9 heavy (non-hydrogen) atoms. The van der Waals surface area contributed by atoms with Crippen LogP contribution in [0.3, 0.4) is 0 Å². The van der Waals surface area contributed by atoms with E-state index in [4.69, 9.17) is 10.8 Å². The Hall–Kier alpha value is -1.20. The SMILES string of the molecule is C#N.[N-]=[N+]=NCC1CC1. The molecule has 0 heterocycles.